The number of carbonyl (C=O) groups excluding carboxylic acids is 3. The van der Waals surface area contributed by atoms with Crippen LogP contribution in [0.4, 0.5) is 0 Å². The predicted octanol–water partition coefficient (Wildman–Crippen LogP) is 2.33. The third kappa shape index (κ3) is 6.14. The van der Waals surface area contributed by atoms with Crippen molar-refractivity contribution in [3.63, 3.8) is 0 Å². The van der Waals surface area contributed by atoms with Crippen LogP contribution in [0.3, 0.4) is 0 Å². The standard InChI is InChI=1S/C22H26N2O5/c1-4-15(2)20(22(28)29-14-17-9-6-5-7-10-17)23-19(26)13-24-12-8-11-18(16(3)25)21(24)27/h5-12,15,20H,4,13-14H2,1-3H3,(H,23,26)/t15-,20-/m0/s1. The van der Waals surface area contributed by atoms with Crippen LogP contribution in [0.1, 0.15) is 43.1 Å². The highest BCUT2D eigenvalue weighted by Crippen LogP contribution is 2.11. The molecule has 7 nitrogen and oxygen atoms in total. The lowest BCUT2D eigenvalue weighted by molar-refractivity contribution is -0.150. The van der Waals surface area contributed by atoms with Crippen LogP contribution in [-0.4, -0.2) is 28.3 Å². The lowest BCUT2D eigenvalue weighted by Crippen LogP contribution is -2.47. The Kier molecular flexibility index (Phi) is 7.88. The van der Waals surface area contributed by atoms with Gasteiger partial charge in [-0.05, 0) is 30.5 Å². The molecule has 0 aliphatic heterocycles. The Balaban J connectivity index is 2.06. The van der Waals surface area contributed by atoms with Crippen LogP contribution in [0.15, 0.2) is 53.5 Å². The van der Waals surface area contributed by atoms with Gasteiger partial charge in [0.15, 0.2) is 5.78 Å². The van der Waals surface area contributed by atoms with E-state index in [1.807, 2.05) is 44.2 Å². The normalized spacial score (nSPS) is 12.7. The number of esters is 1. The molecule has 0 aliphatic carbocycles. The van der Waals surface area contributed by atoms with E-state index < -0.39 is 23.5 Å². The molecule has 0 spiro atoms. The number of amides is 1. The topological polar surface area (TPSA) is 94.5 Å². The quantitative estimate of drug-likeness (QED) is 0.517. The van der Waals surface area contributed by atoms with E-state index in [2.05, 4.69) is 5.32 Å². The summed E-state index contributed by atoms with van der Waals surface area (Å²) < 4.78 is 6.52. The number of ketones is 1. The highest BCUT2D eigenvalue weighted by atomic mass is 16.5. The molecule has 29 heavy (non-hydrogen) atoms. The van der Waals surface area contributed by atoms with Crippen molar-refractivity contribution in [3.05, 3.63) is 70.1 Å². The number of nitrogens with zero attached hydrogens (tertiary/aromatic N) is 1. The van der Waals surface area contributed by atoms with Crippen LogP contribution >= 0.6 is 0 Å². The molecule has 1 heterocycles. The molecule has 0 saturated heterocycles. The van der Waals surface area contributed by atoms with Gasteiger partial charge in [-0.1, -0.05) is 50.6 Å². The van der Waals surface area contributed by atoms with E-state index in [-0.39, 0.29) is 30.4 Å². The average Bonchev–Trinajstić information content (AvgIpc) is 2.71. The molecule has 1 aromatic carbocycles. The van der Waals surface area contributed by atoms with Gasteiger partial charge in [-0.25, -0.2) is 4.79 Å². The van der Waals surface area contributed by atoms with E-state index in [9.17, 15) is 19.2 Å². The van der Waals surface area contributed by atoms with E-state index in [4.69, 9.17) is 4.74 Å². The van der Waals surface area contributed by atoms with Gasteiger partial charge in [0.25, 0.3) is 5.56 Å². The molecule has 1 N–H and O–H groups in total. The summed E-state index contributed by atoms with van der Waals surface area (Å²) in [5, 5.41) is 2.67. The van der Waals surface area contributed by atoms with E-state index in [1.54, 1.807) is 0 Å². The summed E-state index contributed by atoms with van der Waals surface area (Å²) in [5.41, 5.74) is 0.325. The minimum atomic E-state index is -0.831. The first kappa shape index (κ1) is 22.1. The summed E-state index contributed by atoms with van der Waals surface area (Å²) in [7, 11) is 0. The SMILES string of the molecule is CC[C@H](C)[C@H](NC(=O)Cn1cccc(C(C)=O)c1=O)C(=O)OCc1ccccc1. The number of rotatable bonds is 9. The zero-order valence-electron chi connectivity index (χ0n) is 16.9. The number of nitrogens with one attached hydrogen (secondary N) is 1. The van der Waals surface area contributed by atoms with Crippen molar-refractivity contribution < 1.29 is 19.1 Å². The molecular formula is C22H26N2O5. The van der Waals surface area contributed by atoms with Crippen molar-refractivity contribution in [2.75, 3.05) is 0 Å². The molecule has 0 aliphatic rings. The Morgan fingerprint density at radius 3 is 2.41 bits per heavy atom. The number of benzene rings is 1. The molecule has 2 rings (SSSR count). The first-order valence-corrected chi connectivity index (χ1v) is 9.53. The van der Waals surface area contributed by atoms with Crippen LogP contribution < -0.4 is 10.9 Å². The lowest BCUT2D eigenvalue weighted by atomic mass is 9.99. The molecule has 2 atom stereocenters. The Hall–Kier alpha value is -3.22. The van der Waals surface area contributed by atoms with E-state index >= 15 is 0 Å². The van der Waals surface area contributed by atoms with Gasteiger partial charge in [0.05, 0.1) is 5.56 Å². The molecule has 0 fully saturated rings. The second-order valence-corrected chi connectivity index (χ2v) is 6.94. The third-order valence-electron chi connectivity index (χ3n) is 4.72. The highest BCUT2D eigenvalue weighted by molar-refractivity contribution is 5.93. The van der Waals surface area contributed by atoms with Gasteiger partial charge < -0.3 is 14.6 Å². The van der Waals surface area contributed by atoms with Crippen molar-refractivity contribution in [3.8, 4) is 0 Å². The Morgan fingerprint density at radius 2 is 1.79 bits per heavy atom. The maximum atomic E-state index is 12.6. The van der Waals surface area contributed by atoms with Crippen molar-refractivity contribution in [1.29, 1.82) is 0 Å². The summed E-state index contributed by atoms with van der Waals surface area (Å²) in [5.74, 6) is -1.55. The van der Waals surface area contributed by atoms with Gasteiger partial charge in [0, 0.05) is 6.20 Å². The monoisotopic (exact) mass is 398 g/mol. The average molecular weight is 398 g/mol. The lowest BCUT2D eigenvalue weighted by Gasteiger charge is -2.23. The minimum absolute atomic E-state index is 0.0149. The number of hydrogen-bond acceptors (Lipinski definition) is 5. The van der Waals surface area contributed by atoms with Gasteiger partial charge in [0.1, 0.15) is 19.2 Å². The molecule has 0 unspecified atom stereocenters. The molecule has 0 bridgehead atoms. The van der Waals surface area contributed by atoms with Crippen molar-refractivity contribution >= 4 is 17.7 Å². The van der Waals surface area contributed by atoms with Crippen molar-refractivity contribution in [2.45, 2.75) is 46.4 Å². The summed E-state index contributed by atoms with van der Waals surface area (Å²) in [6.45, 7) is 4.87. The molecule has 154 valence electrons. The van der Waals surface area contributed by atoms with Crippen LogP contribution in [0, 0.1) is 5.92 Å². The van der Waals surface area contributed by atoms with Gasteiger partial charge >= 0.3 is 5.97 Å². The van der Waals surface area contributed by atoms with Crippen LogP contribution in [0.25, 0.3) is 0 Å². The van der Waals surface area contributed by atoms with E-state index in [0.717, 1.165) is 10.1 Å². The number of Topliss-reactive ketones (excluding diaryl/α,β-unsaturated/α-hetero) is 1. The fraction of sp³-hybridized carbons (Fsp3) is 0.364. The summed E-state index contributed by atoms with van der Waals surface area (Å²) >= 11 is 0. The summed E-state index contributed by atoms with van der Waals surface area (Å²) in [4.78, 5) is 48.9. The maximum Gasteiger partial charge on any atom is 0.329 e. The first-order valence-electron chi connectivity index (χ1n) is 9.53. The number of pyridine rings is 1. The zero-order valence-corrected chi connectivity index (χ0v) is 16.9. The number of aromatic nitrogens is 1. The van der Waals surface area contributed by atoms with Crippen LogP contribution in [0.5, 0.6) is 0 Å². The van der Waals surface area contributed by atoms with Gasteiger partial charge in [-0.2, -0.15) is 0 Å². The number of carbonyl (C=O) groups is 3. The number of hydrogen-bond donors (Lipinski definition) is 1. The van der Waals surface area contributed by atoms with Gasteiger partial charge in [-0.3, -0.25) is 14.4 Å². The minimum Gasteiger partial charge on any atom is -0.459 e. The van der Waals surface area contributed by atoms with E-state index in [0.29, 0.717) is 6.42 Å². The molecule has 0 radical (unpaired) electrons. The second kappa shape index (κ2) is 10.4. The smallest absolute Gasteiger partial charge is 0.329 e. The number of ether oxygens (including phenoxy) is 1. The van der Waals surface area contributed by atoms with Crippen LogP contribution in [0.2, 0.25) is 0 Å². The van der Waals surface area contributed by atoms with Crippen molar-refractivity contribution in [1.82, 2.24) is 9.88 Å². The fourth-order valence-electron chi connectivity index (χ4n) is 2.79. The zero-order chi connectivity index (χ0) is 21.4. The molecule has 2 aromatic rings. The Bertz CT molecular complexity index is 920. The molecular weight excluding hydrogens is 372 g/mol. The first-order chi connectivity index (χ1) is 13.8. The van der Waals surface area contributed by atoms with Crippen molar-refractivity contribution in [2.24, 2.45) is 5.92 Å². The Labute approximate surface area is 169 Å². The highest BCUT2D eigenvalue weighted by Gasteiger charge is 2.27. The molecule has 7 heteroatoms. The molecule has 0 saturated carbocycles. The van der Waals surface area contributed by atoms with Gasteiger partial charge in [-0.15, -0.1) is 0 Å². The second-order valence-electron chi connectivity index (χ2n) is 6.94. The predicted molar refractivity (Wildman–Crippen MR) is 108 cm³/mol. The van der Waals surface area contributed by atoms with E-state index in [1.165, 1.54) is 25.3 Å². The third-order valence-corrected chi connectivity index (χ3v) is 4.72. The van der Waals surface area contributed by atoms with Crippen LogP contribution in [-0.2, 0) is 27.5 Å². The van der Waals surface area contributed by atoms with Gasteiger partial charge in [0.2, 0.25) is 5.91 Å². The molecule has 1 amide bonds. The summed E-state index contributed by atoms with van der Waals surface area (Å²) in [6.07, 6.45) is 2.09. The maximum absolute atomic E-state index is 12.6. The summed E-state index contributed by atoms with van der Waals surface area (Å²) in [6, 6.07) is 11.4. The fourth-order valence-corrected chi connectivity index (χ4v) is 2.79. The molecule has 1 aromatic heterocycles. The largest absolute Gasteiger partial charge is 0.459 e. The Morgan fingerprint density at radius 1 is 1.10 bits per heavy atom.